The summed E-state index contributed by atoms with van der Waals surface area (Å²) in [5, 5.41) is 2.69. The number of hydrogen-bond donors (Lipinski definition) is 2. The van der Waals surface area contributed by atoms with Gasteiger partial charge < -0.3 is 16.0 Å². The number of aliphatic imine (C=N–C) groups is 1. The third kappa shape index (κ3) is 3.88. The van der Waals surface area contributed by atoms with Gasteiger partial charge in [0.2, 0.25) is 0 Å². The Morgan fingerprint density at radius 2 is 1.77 bits per heavy atom. The van der Waals surface area contributed by atoms with E-state index in [0.29, 0.717) is 5.56 Å². The molecule has 0 aromatic heterocycles. The van der Waals surface area contributed by atoms with Gasteiger partial charge in [-0.05, 0) is 29.8 Å². The van der Waals surface area contributed by atoms with Crippen molar-refractivity contribution >= 4 is 34.4 Å². The van der Waals surface area contributed by atoms with E-state index in [2.05, 4.69) is 10.3 Å². The predicted octanol–water partition coefficient (Wildman–Crippen LogP) is 2.18. The van der Waals surface area contributed by atoms with Crippen LogP contribution in [0.4, 0.5) is 5.69 Å². The van der Waals surface area contributed by atoms with E-state index in [0.717, 1.165) is 11.3 Å². The second-order valence-electron chi connectivity index (χ2n) is 6.13. The van der Waals surface area contributed by atoms with Crippen LogP contribution in [0.25, 0.3) is 0 Å². The molecule has 1 aliphatic heterocycles. The van der Waals surface area contributed by atoms with E-state index in [-0.39, 0.29) is 16.3 Å². The lowest BCUT2D eigenvalue weighted by atomic mass is 10.0. The van der Waals surface area contributed by atoms with Crippen molar-refractivity contribution in [2.24, 2.45) is 10.7 Å². The Hall–Kier alpha value is -2.80. The lowest BCUT2D eigenvalue weighted by Gasteiger charge is -2.28. The number of carbonyl (C=O) groups is 2. The van der Waals surface area contributed by atoms with Gasteiger partial charge in [0, 0.05) is 25.3 Å². The zero-order valence-electron chi connectivity index (χ0n) is 14.5. The van der Waals surface area contributed by atoms with E-state index < -0.39 is 11.9 Å². The van der Waals surface area contributed by atoms with Gasteiger partial charge in [-0.3, -0.25) is 9.59 Å². The monoisotopic (exact) mass is 368 g/mol. The third-order valence-electron chi connectivity index (χ3n) is 4.10. The van der Waals surface area contributed by atoms with Crippen molar-refractivity contribution < 1.29 is 9.59 Å². The largest absolute Gasteiger partial charge is 0.378 e. The molecule has 26 heavy (non-hydrogen) atoms. The summed E-state index contributed by atoms with van der Waals surface area (Å²) in [5.41, 5.74) is 8.26. The minimum absolute atomic E-state index is 0.210. The maximum absolute atomic E-state index is 12.5. The summed E-state index contributed by atoms with van der Waals surface area (Å²) in [5.74, 6) is -0.748. The van der Waals surface area contributed by atoms with E-state index in [1.54, 1.807) is 24.3 Å². The average Bonchev–Trinajstić information content (AvgIpc) is 2.64. The molecule has 2 aromatic carbocycles. The highest BCUT2D eigenvalue weighted by Crippen LogP contribution is 2.36. The molecule has 2 aromatic rings. The van der Waals surface area contributed by atoms with Crippen LogP contribution in [0.2, 0.25) is 0 Å². The maximum atomic E-state index is 12.5. The summed E-state index contributed by atoms with van der Waals surface area (Å²) in [6.07, 6.45) is 0. The van der Waals surface area contributed by atoms with E-state index in [4.69, 9.17) is 5.73 Å². The highest BCUT2D eigenvalue weighted by molar-refractivity contribution is 8.14. The number of amides is 2. The minimum Gasteiger partial charge on any atom is -0.378 e. The lowest BCUT2D eigenvalue weighted by Crippen LogP contribution is -2.46. The summed E-state index contributed by atoms with van der Waals surface area (Å²) < 4.78 is 0. The molecule has 2 amide bonds. The van der Waals surface area contributed by atoms with Crippen molar-refractivity contribution in [1.29, 1.82) is 0 Å². The van der Waals surface area contributed by atoms with E-state index in [1.807, 2.05) is 49.3 Å². The quantitative estimate of drug-likeness (QED) is 0.864. The van der Waals surface area contributed by atoms with Gasteiger partial charge in [-0.1, -0.05) is 42.1 Å². The summed E-state index contributed by atoms with van der Waals surface area (Å²) >= 11 is 1.28. The molecular formula is C19H20N4O2S. The fourth-order valence-electron chi connectivity index (χ4n) is 2.71. The van der Waals surface area contributed by atoms with Crippen LogP contribution in [-0.2, 0) is 4.79 Å². The number of thioether (sulfide) groups is 1. The summed E-state index contributed by atoms with van der Waals surface area (Å²) in [4.78, 5) is 30.7. The lowest BCUT2D eigenvalue weighted by molar-refractivity contribution is -0.119. The first-order valence-corrected chi connectivity index (χ1v) is 9.01. The molecule has 0 fully saturated rings. The molecule has 0 spiro atoms. The Morgan fingerprint density at radius 1 is 1.12 bits per heavy atom. The Balaban J connectivity index is 1.87. The molecule has 134 valence electrons. The fourth-order valence-corrected chi connectivity index (χ4v) is 3.72. The molecule has 0 saturated heterocycles. The van der Waals surface area contributed by atoms with Crippen LogP contribution in [-0.4, -0.2) is 37.1 Å². The van der Waals surface area contributed by atoms with Crippen LogP contribution in [0.15, 0.2) is 59.6 Å². The number of anilines is 1. The van der Waals surface area contributed by atoms with Crippen molar-refractivity contribution in [3.05, 3.63) is 65.7 Å². The summed E-state index contributed by atoms with van der Waals surface area (Å²) in [7, 11) is 3.92. The Bertz CT molecular complexity index is 834. The molecule has 1 heterocycles. The number of nitrogens with two attached hydrogens (primary N) is 1. The standard InChI is InChI=1S/C19H20N4O2S/c1-23(2)14-10-8-12(9-11-14)16-15(18(25)22-19(20)26-16)21-17(24)13-6-4-3-5-7-13/h3-11,15-16H,1-2H3,(H,21,24)(H2,20,22,25)/t15-,16-/m1/s1. The molecule has 0 unspecified atom stereocenters. The first-order valence-electron chi connectivity index (χ1n) is 8.13. The molecular weight excluding hydrogens is 348 g/mol. The van der Waals surface area contributed by atoms with Crippen molar-refractivity contribution in [1.82, 2.24) is 5.32 Å². The minimum atomic E-state index is -0.773. The second-order valence-corrected chi connectivity index (χ2v) is 7.29. The number of benzene rings is 2. The second kappa shape index (κ2) is 7.61. The van der Waals surface area contributed by atoms with Crippen LogP contribution in [0, 0.1) is 0 Å². The first-order chi connectivity index (χ1) is 12.5. The van der Waals surface area contributed by atoms with Gasteiger partial charge in [0.15, 0.2) is 5.17 Å². The van der Waals surface area contributed by atoms with E-state index in [9.17, 15) is 9.59 Å². The third-order valence-corrected chi connectivity index (χ3v) is 5.23. The zero-order chi connectivity index (χ0) is 18.7. The number of carbonyl (C=O) groups excluding carboxylic acids is 2. The molecule has 0 bridgehead atoms. The number of amidine groups is 1. The number of hydrogen-bond acceptors (Lipinski definition) is 5. The molecule has 3 rings (SSSR count). The normalized spacial score (nSPS) is 19.6. The fraction of sp³-hybridized carbons (Fsp3) is 0.211. The highest BCUT2D eigenvalue weighted by atomic mass is 32.2. The van der Waals surface area contributed by atoms with Gasteiger partial charge in [-0.15, -0.1) is 0 Å². The van der Waals surface area contributed by atoms with Gasteiger partial charge in [0.05, 0.1) is 5.25 Å². The average molecular weight is 368 g/mol. The zero-order valence-corrected chi connectivity index (χ0v) is 15.4. The molecule has 1 aliphatic rings. The number of nitrogens with one attached hydrogen (secondary N) is 1. The van der Waals surface area contributed by atoms with E-state index in [1.165, 1.54) is 11.8 Å². The van der Waals surface area contributed by atoms with Crippen LogP contribution in [0.1, 0.15) is 21.2 Å². The van der Waals surface area contributed by atoms with Crippen molar-refractivity contribution in [2.45, 2.75) is 11.3 Å². The van der Waals surface area contributed by atoms with Gasteiger partial charge in [0.25, 0.3) is 11.8 Å². The van der Waals surface area contributed by atoms with E-state index >= 15 is 0 Å². The van der Waals surface area contributed by atoms with Crippen molar-refractivity contribution in [2.75, 3.05) is 19.0 Å². The Morgan fingerprint density at radius 3 is 2.38 bits per heavy atom. The van der Waals surface area contributed by atoms with Crippen LogP contribution in [0.5, 0.6) is 0 Å². The first kappa shape index (κ1) is 18.0. The van der Waals surface area contributed by atoms with Gasteiger partial charge in [-0.25, -0.2) is 0 Å². The van der Waals surface area contributed by atoms with Crippen molar-refractivity contribution in [3.8, 4) is 0 Å². The molecule has 6 nitrogen and oxygen atoms in total. The highest BCUT2D eigenvalue weighted by Gasteiger charge is 2.36. The van der Waals surface area contributed by atoms with Crippen LogP contribution < -0.4 is 16.0 Å². The molecule has 0 saturated carbocycles. The molecule has 0 aliphatic carbocycles. The molecule has 2 atom stereocenters. The van der Waals surface area contributed by atoms with Gasteiger partial charge in [0.1, 0.15) is 6.04 Å². The number of nitrogens with zero attached hydrogens (tertiary/aromatic N) is 2. The Labute approximate surface area is 156 Å². The predicted molar refractivity (Wildman–Crippen MR) is 105 cm³/mol. The van der Waals surface area contributed by atoms with Crippen LogP contribution >= 0.6 is 11.8 Å². The topological polar surface area (TPSA) is 87.8 Å². The summed E-state index contributed by atoms with van der Waals surface area (Å²) in [6.45, 7) is 0. The molecule has 7 heteroatoms. The molecule has 0 radical (unpaired) electrons. The molecule has 3 N–H and O–H groups in total. The Kier molecular flexibility index (Phi) is 5.27. The maximum Gasteiger partial charge on any atom is 0.272 e. The van der Waals surface area contributed by atoms with Crippen molar-refractivity contribution in [3.63, 3.8) is 0 Å². The smallest absolute Gasteiger partial charge is 0.272 e. The van der Waals surface area contributed by atoms with Gasteiger partial charge >= 0.3 is 0 Å². The SMILES string of the molecule is CN(C)c1ccc([C@H]2SC(N)=NC(=O)[C@@H]2NC(=O)c2ccccc2)cc1. The van der Waals surface area contributed by atoms with Gasteiger partial charge in [-0.2, -0.15) is 4.99 Å². The number of rotatable bonds is 4. The van der Waals surface area contributed by atoms with Crippen LogP contribution in [0.3, 0.4) is 0 Å². The summed E-state index contributed by atoms with van der Waals surface area (Å²) in [6, 6.07) is 15.9.